The van der Waals surface area contributed by atoms with Gasteiger partial charge in [-0.1, -0.05) is 24.3 Å². The largest absolute Gasteiger partial charge is 0.493 e. The Balaban J connectivity index is 1.53. The van der Waals surface area contributed by atoms with Gasteiger partial charge < -0.3 is 14.2 Å². The molecule has 0 aromatic heterocycles. The van der Waals surface area contributed by atoms with E-state index in [1.165, 1.54) is 12.3 Å². The second-order valence-electron chi connectivity index (χ2n) is 6.50. The topological polar surface area (TPSA) is 86.2 Å². The molecule has 0 aliphatic heterocycles. The van der Waals surface area contributed by atoms with Crippen molar-refractivity contribution >= 4 is 24.2 Å². The Hall–Kier alpha value is -4.39. The van der Waals surface area contributed by atoms with E-state index < -0.39 is 5.97 Å². The smallest absolute Gasteiger partial charge is 0.336 e. The van der Waals surface area contributed by atoms with Crippen molar-refractivity contribution in [3.63, 3.8) is 0 Å². The van der Waals surface area contributed by atoms with Crippen molar-refractivity contribution in [3.05, 3.63) is 95.6 Å². The SMILES string of the molecule is COc1ccc(/C=C/C(=O)Oc2ccc(C=NNC(=O)c3ccccc3)cc2)cc1OC. The van der Waals surface area contributed by atoms with Crippen molar-refractivity contribution in [3.8, 4) is 17.2 Å². The lowest BCUT2D eigenvalue weighted by Crippen LogP contribution is -2.17. The Bertz CT molecular complexity index is 1120. The molecule has 3 aromatic carbocycles. The summed E-state index contributed by atoms with van der Waals surface area (Å²) in [4.78, 5) is 24.0. The molecule has 0 aliphatic carbocycles. The number of rotatable bonds is 8. The number of ether oxygens (including phenoxy) is 3. The normalized spacial score (nSPS) is 10.8. The molecule has 1 amide bonds. The summed E-state index contributed by atoms with van der Waals surface area (Å²) in [7, 11) is 3.10. The van der Waals surface area contributed by atoms with Gasteiger partial charge in [-0.05, 0) is 65.7 Å². The fourth-order valence-corrected chi connectivity index (χ4v) is 2.71. The average molecular weight is 430 g/mol. The number of hydrazone groups is 1. The lowest BCUT2D eigenvalue weighted by Gasteiger charge is -2.07. The summed E-state index contributed by atoms with van der Waals surface area (Å²) >= 11 is 0. The van der Waals surface area contributed by atoms with Gasteiger partial charge in [-0.2, -0.15) is 5.10 Å². The monoisotopic (exact) mass is 430 g/mol. The van der Waals surface area contributed by atoms with Gasteiger partial charge in [0.05, 0.1) is 20.4 Å². The number of carbonyl (C=O) groups excluding carboxylic acids is 2. The summed E-state index contributed by atoms with van der Waals surface area (Å²) in [5, 5.41) is 3.94. The van der Waals surface area contributed by atoms with Crippen molar-refractivity contribution in [2.45, 2.75) is 0 Å². The number of hydrogen-bond donors (Lipinski definition) is 1. The summed E-state index contributed by atoms with van der Waals surface area (Å²) in [5.74, 6) is 0.748. The van der Waals surface area contributed by atoms with Crippen LogP contribution in [-0.4, -0.2) is 32.3 Å². The number of benzene rings is 3. The van der Waals surface area contributed by atoms with Crippen LogP contribution in [0.4, 0.5) is 0 Å². The molecule has 0 saturated carbocycles. The summed E-state index contributed by atoms with van der Waals surface area (Å²) in [6.07, 6.45) is 4.46. The molecule has 0 atom stereocenters. The van der Waals surface area contributed by atoms with Crippen molar-refractivity contribution in [2.24, 2.45) is 5.10 Å². The third kappa shape index (κ3) is 6.30. The Morgan fingerprint density at radius 2 is 1.53 bits per heavy atom. The molecule has 3 aromatic rings. The maximum atomic E-state index is 12.1. The minimum atomic E-state index is -0.517. The molecule has 7 nitrogen and oxygen atoms in total. The van der Waals surface area contributed by atoms with Gasteiger partial charge in [-0.3, -0.25) is 4.79 Å². The van der Waals surface area contributed by atoms with Gasteiger partial charge in [-0.15, -0.1) is 0 Å². The van der Waals surface area contributed by atoms with Crippen LogP contribution in [0.3, 0.4) is 0 Å². The van der Waals surface area contributed by atoms with Crippen molar-refractivity contribution < 1.29 is 23.8 Å². The van der Waals surface area contributed by atoms with Gasteiger partial charge in [0.15, 0.2) is 11.5 Å². The van der Waals surface area contributed by atoms with E-state index in [0.717, 1.165) is 11.1 Å². The second-order valence-corrected chi connectivity index (χ2v) is 6.50. The summed E-state index contributed by atoms with van der Waals surface area (Å²) in [6.45, 7) is 0. The van der Waals surface area contributed by atoms with Crippen molar-refractivity contribution in [2.75, 3.05) is 14.2 Å². The molecule has 0 saturated heterocycles. The van der Waals surface area contributed by atoms with Crippen LogP contribution < -0.4 is 19.6 Å². The Morgan fingerprint density at radius 3 is 2.22 bits per heavy atom. The molecule has 0 heterocycles. The number of methoxy groups -OCH3 is 2. The van der Waals surface area contributed by atoms with E-state index in [2.05, 4.69) is 10.5 Å². The van der Waals surface area contributed by atoms with E-state index in [-0.39, 0.29) is 5.91 Å². The summed E-state index contributed by atoms with van der Waals surface area (Å²) in [5.41, 5.74) is 4.48. The molecule has 0 radical (unpaired) electrons. The van der Waals surface area contributed by atoms with Crippen LogP contribution in [-0.2, 0) is 4.79 Å². The number of carbonyl (C=O) groups is 2. The van der Waals surface area contributed by atoms with E-state index in [0.29, 0.717) is 22.8 Å². The highest BCUT2D eigenvalue weighted by atomic mass is 16.5. The third-order valence-electron chi connectivity index (χ3n) is 4.33. The maximum absolute atomic E-state index is 12.1. The predicted octanol–water partition coefficient (Wildman–Crippen LogP) is 4.09. The fraction of sp³-hybridized carbons (Fsp3) is 0.0800. The maximum Gasteiger partial charge on any atom is 0.336 e. The van der Waals surface area contributed by atoms with Gasteiger partial charge >= 0.3 is 5.97 Å². The van der Waals surface area contributed by atoms with E-state index in [1.807, 2.05) is 6.07 Å². The van der Waals surface area contributed by atoms with Crippen molar-refractivity contribution in [1.29, 1.82) is 0 Å². The standard InChI is InChI=1S/C25H22N2O5/c1-30-22-14-10-18(16-23(22)31-2)11-15-24(28)32-21-12-8-19(9-13-21)17-26-27-25(29)20-6-4-3-5-7-20/h3-17H,1-2H3,(H,27,29)/b15-11+,26-17?. The molecule has 0 bridgehead atoms. The highest BCUT2D eigenvalue weighted by Gasteiger charge is 2.05. The minimum absolute atomic E-state index is 0.298. The van der Waals surface area contributed by atoms with Gasteiger partial charge in [0.2, 0.25) is 0 Å². The van der Waals surface area contributed by atoms with E-state index in [4.69, 9.17) is 14.2 Å². The van der Waals surface area contributed by atoms with E-state index >= 15 is 0 Å². The minimum Gasteiger partial charge on any atom is -0.493 e. The zero-order valence-corrected chi connectivity index (χ0v) is 17.6. The molecule has 32 heavy (non-hydrogen) atoms. The fourth-order valence-electron chi connectivity index (χ4n) is 2.71. The first kappa shape index (κ1) is 22.3. The van der Waals surface area contributed by atoms with Crippen LogP contribution >= 0.6 is 0 Å². The number of hydrogen-bond acceptors (Lipinski definition) is 6. The van der Waals surface area contributed by atoms with Gasteiger partial charge in [-0.25, -0.2) is 10.2 Å². The van der Waals surface area contributed by atoms with Crippen molar-refractivity contribution in [1.82, 2.24) is 5.43 Å². The van der Waals surface area contributed by atoms with Crippen LogP contribution in [0.15, 0.2) is 84.0 Å². The summed E-state index contributed by atoms with van der Waals surface area (Å²) < 4.78 is 15.7. The molecular weight excluding hydrogens is 408 g/mol. The number of esters is 1. The Kier molecular flexibility index (Phi) is 7.75. The van der Waals surface area contributed by atoms with Crippen LogP contribution in [0.25, 0.3) is 6.08 Å². The molecule has 0 aliphatic rings. The van der Waals surface area contributed by atoms with E-state index in [1.54, 1.807) is 87.0 Å². The molecule has 7 heteroatoms. The lowest BCUT2D eigenvalue weighted by atomic mass is 10.2. The second kappa shape index (κ2) is 11.1. The number of nitrogens with one attached hydrogen (secondary N) is 1. The molecule has 1 N–H and O–H groups in total. The van der Waals surface area contributed by atoms with Crippen LogP contribution in [0, 0.1) is 0 Å². The zero-order valence-electron chi connectivity index (χ0n) is 17.6. The first-order chi connectivity index (χ1) is 15.6. The highest BCUT2D eigenvalue weighted by Crippen LogP contribution is 2.28. The first-order valence-electron chi connectivity index (χ1n) is 9.69. The quantitative estimate of drug-likeness (QED) is 0.191. The Labute approximate surface area is 185 Å². The molecule has 0 unspecified atom stereocenters. The number of nitrogens with zero attached hydrogens (tertiary/aromatic N) is 1. The van der Waals surface area contributed by atoms with Gasteiger partial charge in [0, 0.05) is 11.6 Å². The van der Waals surface area contributed by atoms with Crippen LogP contribution in [0.2, 0.25) is 0 Å². The van der Waals surface area contributed by atoms with E-state index in [9.17, 15) is 9.59 Å². The van der Waals surface area contributed by atoms with Crippen LogP contribution in [0.1, 0.15) is 21.5 Å². The molecule has 3 rings (SSSR count). The lowest BCUT2D eigenvalue weighted by molar-refractivity contribution is -0.128. The Morgan fingerprint density at radius 1 is 0.844 bits per heavy atom. The molecule has 162 valence electrons. The van der Waals surface area contributed by atoms with Gasteiger partial charge in [0.25, 0.3) is 5.91 Å². The zero-order chi connectivity index (χ0) is 22.8. The van der Waals surface area contributed by atoms with Gasteiger partial charge in [0.1, 0.15) is 5.75 Å². The molecule has 0 spiro atoms. The third-order valence-corrected chi connectivity index (χ3v) is 4.33. The summed E-state index contributed by atoms with van der Waals surface area (Å²) in [6, 6.07) is 20.8. The average Bonchev–Trinajstić information content (AvgIpc) is 2.84. The predicted molar refractivity (Wildman–Crippen MR) is 122 cm³/mol. The molecular formula is C25H22N2O5. The first-order valence-corrected chi connectivity index (χ1v) is 9.69. The highest BCUT2D eigenvalue weighted by molar-refractivity contribution is 5.94. The number of amides is 1. The van der Waals surface area contributed by atoms with Crippen LogP contribution in [0.5, 0.6) is 17.2 Å². The molecule has 0 fully saturated rings.